The van der Waals surface area contributed by atoms with Crippen LogP contribution in [-0.2, 0) is 4.46 Å². The Morgan fingerprint density at radius 2 is 1.20 bits per heavy atom. The minimum absolute atomic E-state index is 0. The Balaban J connectivity index is -0.00000000167. The number of hydrogen-bond acceptors (Lipinski definition) is 1. The Morgan fingerprint density at radius 3 is 1.20 bits per heavy atom. The Kier molecular flexibility index (Phi) is 160. The maximum Gasteiger partial charge on any atom is 0.381 e. The minimum atomic E-state index is 0. The quantitative estimate of drug-likeness (QED) is 0.452. The van der Waals surface area contributed by atoms with Gasteiger partial charge in [-0.05, 0) is 0 Å². The van der Waals surface area contributed by atoms with Gasteiger partial charge in [-0.3, -0.25) is 0 Å². The van der Waals surface area contributed by atoms with Gasteiger partial charge in [-0.25, -0.2) is 0 Å². The van der Waals surface area contributed by atoms with Gasteiger partial charge in [-0.2, -0.15) is 0 Å². The van der Waals surface area contributed by atoms with Gasteiger partial charge in [-0.15, -0.1) is 0 Å². The van der Waals surface area contributed by atoms with Gasteiger partial charge in [0, 0.05) is 75.1 Å². The topological polar surface area (TPSA) is 17.1 Å². The van der Waals surface area contributed by atoms with Crippen LogP contribution >= 0.6 is 0 Å². The first-order valence-electron chi connectivity index (χ1n) is 0.204. The van der Waals surface area contributed by atoms with Crippen LogP contribution in [0.25, 0.3) is 0 Å². The molecule has 0 aliphatic carbocycles. The molecule has 0 atom stereocenters. The third kappa shape index (κ3) is 20.9. The van der Waals surface area contributed by atoms with Crippen molar-refractivity contribution in [2.24, 2.45) is 0 Å². The molecule has 0 heterocycles. The predicted molar refractivity (Wildman–Crippen MR) is 23.7 cm³/mol. The van der Waals surface area contributed by atoms with Crippen LogP contribution in [0, 0.1) is 0 Å². The van der Waals surface area contributed by atoms with Crippen LogP contribution in [0.2, 0.25) is 0 Å². The second-order valence-corrected chi connectivity index (χ2v) is 0. The first-order chi connectivity index (χ1) is 1.00. The van der Waals surface area contributed by atoms with Crippen LogP contribution in [0.4, 0.5) is 0 Å². The monoisotopic (exact) mass is 392 g/mol. The van der Waals surface area contributed by atoms with Gasteiger partial charge in [0.1, 0.15) is 0 Å². The largest absolute Gasteiger partial charge is 0.381 e. The fourth-order valence-electron chi connectivity index (χ4n) is 0. The van der Waals surface area contributed by atoms with Gasteiger partial charge in [0.15, 0.2) is 0 Å². The van der Waals surface area contributed by atoms with Gasteiger partial charge in [0.25, 0.3) is 0 Å². The molecule has 0 saturated heterocycles. The molecule has 0 amide bonds. The molecule has 0 bridgehead atoms. The van der Waals surface area contributed by atoms with E-state index in [9.17, 15) is 0 Å². The summed E-state index contributed by atoms with van der Waals surface area (Å²) in [6, 6.07) is 0. The van der Waals surface area contributed by atoms with Crippen LogP contribution in [0.15, 0.2) is 0 Å². The molecule has 0 N–H and O–H groups in total. The fraction of sp³-hybridized carbons (Fsp3) is 0. The Labute approximate surface area is 88.2 Å². The summed E-state index contributed by atoms with van der Waals surface area (Å²) in [5, 5.41) is 0. The van der Waals surface area contributed by atoms with E-state index in [-0.39, 0.29) is 75.1 Å². The second kappa shape index (κ2) is 31.1. The molecule has 0 aromatic carbocycles. The molecule has 0 aromatic heterocycles. The fourth-order valence-corrected chi connectivity index (χ4v) is 0. The zero-order chi connectivity index (χ0) is 2.00. The van der Waals surface area contributed by atoms with Crippen LogP contribution in [0.3, 0.4) is 0 Å². The molecule has 0 saturated carbocycles. The Bertz CT molecular complexity index is 11.6. The molecule has 0 spiro atoms. The van der Waals surface area contributed by atoms with Crippen LogP contribution in [0.1, 0.15) is 0 Å². The summed E-state index contributed by atoms with van der Waals surface area (Å²) in [7, 11) is 1.72. The van der Waals surface area contributed by atoms with Crippen molar-refractivity contribution < 1.29 is 4.46 Å². The van der Waals surface area contributed by atoms with Crippen molar-refractivity contribution in [3.05, 3.63) is 0 Å². The summed E-state index contributed by atoms with van der Waals surface area (Å²) < 4.78 is 8.06. The molecule has 5 heavy (non-hydrogen) atoms. The van der Waals surface area contributed by atoms with Gasteiger partial charge in [0.05, 0.1) is 0 Å². The standard InChI is InChI=1S/Bi.In.Mg.OSi/c;;;1-2. The van der Waals surface area contributed by atoms with Crippen molar-refractivity contribution in [3.63, 3.8) is 0 Å². The molecule has 5 heteroatoms. The van der Waals surface area contributed by atoms with Gasteiger partial charge < -0.3 is 4.46 Å². The molecule has 0 aromatic rings. The maximum absolute atomic E-state index is 8.06. The first-order valence-corrected chi connectivity index (χ1v) is 0.612. The predicted octanol–water partition coefficient (Wildman–Crippen LogP) is -1.64. The maximum atomic E-state index is 8.06. The Hall–Kier alpha value is 2.54. The Morgan fingerprint density at radius 1 is 1.20 bits per heavy atom. The van der Waals surface area contributed by atoms with Crippen LogP contribution < -0.4 is 0 Å². The van der Waals surface area contributed by atoms with Crippen molar-refractivity contribution >= 4 is 85.2 Å². The summed E-state index contributed by atoms with van der Waals surface area (Å²) >= 11 is 0. The van der Waals surface area contributed by atoms with E-state index in [1.165, 1.54) is 0 Å². The van der Waals surface area contributed by atoms with E-state index < -0.39 is 0 Å². The zero-order valence-electron chi connectivity index (χ0n) is 2.64. The van der Waals surface area contributed by atoms with Gasteiger partial charge in [0.2, 0.25) is 0 Å². The van der Waals surface area contributed by atoms with E-state index >= 15 is 0 Å². The van der Waals surface area contributed by atoms with E-state index in [2.05, 4.69) is 0 Å². The first kappa shape index (κ1) is 25.7. The van der Waals surface area contributed by atoms with Crippen molar-refractivity contribution in [2.45, 2.75) is 0 Å². The third-order valence-corrected chi connectivity index (χ3v) is 0. The normalized spacial score (nSPS) is 0.800. The molecule has 0 fully saturated rings. The molecular weight excluding hydrogens is 392 g/mol. The molecule has 0 aliphatic heterocycles. The smallest absolute Gasteiger partial charge is 0.381 e. The molecule has 0 unspecified atom stereocenters. The van der Waals surface area contributed by atoms with Gasteiger partial charge in [-0.1, -0.05) is 0 Å². The molecule has 1 nitrogen and oxygen atoms in total. The molecule has 20 valence electrons. The SMILES string of the molecule is O=[Si].[Bi].[In].[Mg]. The average Bonchev–Trinajstić information content (AvgIpc) is 1.00. The summed E-state index contributed by atoms with van der Waals surface area (Å²) in [6.07, 6.45) is 0. The van der Waals surface area contributed by atoms with E-state index in [0.717, 1.165) is 0 Å². The van der Waals surface area contributed by atoms with Crippen molar-refractivity contribution in [3.8, 4) is 0 Å². The molecular formula is BiInMgOSi. The van der Waals surface area contributed by atoms with E-state index in [1.54, 1.807) is 10.1 Å². The van der Waals surface area contributed by atoms with Gasteiger partial charge >= 0.3 is 10.1 Å². The van der Waals surface area contributed by atoms with Crippen molar-refractivity contribution in [1.29, 1.82) is 0 Å². The van der Waals surface area contributed by atoms with Crippen molar-refractivity contribution in [2.75, 3.05) is 0 Å². The summed E-state index contributed by atoms with van der Waals surface area (Å²) in [5.74, 6) is 0. The van der Waals surface area contributed by atoms with E-state index in [0.29, 0.717) is 0 Å². The summed E-state index contributed by atoms with van der Waals surface area (Å²) in [6.45, 7) is 0. The average molecular weight is 392 g/mol. The molecule has 0 rings (SSSR count). The second-order valence-electron chi connectivity index (χ2n) is 0. The summed E-state index contributed by atoms with van der Waals surface area (Å²) in [4.78, 5) is 0. The van der Waals surface area contributed by atoms with E-state index in [1.807, 2.05) is 0 Å². The van der Waals surface area contributed by atoms with Crippen molar-refractivity contribution in [1.82, 2.24) is 0 Å². The third-order valence-electron chi connectivity index (χ3n) is 0. The van der Waals surface area contributed by atoms with Crippen LogP contribution in [0.5, 0.6) is 0 Å². The number of hydrogen-bond donors (Lipinski definition) is 0. The zero-order valence-corrected chi connectivity index (χ0v) is 11.8. The van der Waals surface area contributed by atoms with E-state index in [4.69, 9.17) is 4.46 Å². The van der Waals surface area contributed by atoms with Crippen LogP contribution in [-0.4, -0.2) is 85.2 Å². The molecule has 0 aliphatic rings. The number of rotatable bonds is 0. The summed E-state index contributed by atoms with van der Waals surface area (Å²) in [5.41, 5.74) is 0. The molecule has 10 radical (unpaired) electrons. The minimum Gasteiger partial charge on any atom is -0.381 e.